The number of aryl methyl sites for hydroxylation is 1. The molecule has 0 atom stereocenters. The zero-order chi connectivity index (χ0) is 11.6. The average molecular weight is 220 g/mol. The van der Waals surface area contributed by atoms with E-state index in [9.17, 15) is 4.79 Å². The first kappa shape index (κ1) is 12.6. The van der Waals surface area contributed by atoms with Crippen LogP contribution < -0.4 is 5.73 Å². The second-order valence-electron chi connectivity index (χ2n) is 3.84. The van der Waals surface area contributed by atoms with Gasteiger partial charge in [0.05, 0.1) is 6.61 Å². The summed E-state index contributed by atoms with van der Waals surface area (Å²) in [6, 6.07) is 8.01. The van der Waals surface area contributed by atoms with Gasteiger partial charge in [0.2, 0.25) is 0 Å². The Morgan fingerprint density at radius 2 is 1.75 bits per heavy atom. The SMILES string of the molecule is Nc1ccc(CCCCCCO[C]=O)cc1. The highest BCUT2D eigenvalue weighted by atomic mass is 16.5. The van der Waals surface area contributed by atoms with Crippen molar-refractivity contribution in [3.63, 3.8) is 0 Å². The van der Waals surface area contributed by atoms with Crippen LogP contribution in [0.2, 0.25) is 0 Å². The average Bonchev–Trinajstić information content (AvgIpc) is 2.30. The lowest BCUT2D eigenvalue weighted by Gasteiger charge is -2.02. The second-order valence-corrected chi connectivity index (χ2v) is 3.84. The molecule has 0 saturated heterocycles. The van der Waals surface area contributed by atoms with Crippen LogP contribution in [0.25, 0.3) is 0 Å². The summed E-state index contributed by atoms with van der Waals surface area (Å²) in [5.74, 6) is 0. The largest absolute Gasteiger partial charge is 0.457 e. The van der Waals surface area contributed by atoms with Crippen LogP contribution in [0, 0.1) is 0 Å². The van der Waals surface area contributed by atoms with Crippen molar-refractivity contribution in [2.45, 2.75) is 32.1 Å². The normalized spacial score (nSPS) is 10.0. The van der Waals surface area contributed by atoms with E-state index in [-0.39, 0.29) is 0 Å². The molecule has 0 bridgehead atoms. The molecule has 0 amide bonds. The number of hydrogen-bond acceptors (Lipinski definition) is 3. The number of nitrogens with two attached hydrogens (primary N) is 1. The minimum atomic E-state index is 0.491. The van der Waals surface area contributed by atoms with E-state index >= 15 is 0 Å². The van der Waals surface area contributed by atoms with Gasteiger partial charge in [-0.2, -0.15) is 0 Å². The van der Waals surface area contributed by atoms with Crippen molar-refractivity contribution in [1.29, 1.82) is 0 Å². The molecule has 2 N–H and O–H groups in total. The topological polar surface area (TPSA) is 52.3 Å². The molecule has 0 aliphatic carbocycles. The van der Waals surface area contributed by atoms with Crippen molar-refractivity contribution >= 4 is 12.2 Å². The highest BCUT2D eigenvalue weighted by molar-refractivity contribution is 5.39. The first-order chi connectivity index (χ1) is 7.83. The lowest BCUT2D eigenvalue weighted by molar-refractivity contribution is 0.269. The van der Waals surface area contributed by atoms with Crippen LogP contribution in [-0.2, 0) is 16.0 Å². The molecule has 0 aliphatic heterocycles. The van der Waals surface area contributed by atoms with E-state index in [1.165, 1.54) is 12.0 Å². The number of rotatable bonds is 8. The van der Waals surface area contributed by atoms with Gasteiger partial charge in [-0.25, -0.2) is 4.79 Å². The van der Waals surface area contributed by atoms with Gasteiger partial charge in [0.25, 0.3) is 0 Å². The predicted octanol–water partition coefficient (Wildman–Crippen LogP) is 2.46. The maximum atomic E-state index is 9.75. The Balaban J connectivity index is 2.02. The summed E-state index contributed by atoms with van der Waals surface area (Å²) in [4.78, 5) is 9.75. The minimum absolute atomic E-state index is 0.491. The maximum absolute atomic E-state index is 9.75. The van der Waals surface area contributed by atoms with Crippen molar-refractivity contribution in [3.05, 3.63) is 29.8 Å². The lowest BCUT2D eigenvalue weighted by atomic mass is 10.1. The van der Waals surface area contributed by atoms with E-state index in [4.69, 9.17) is 5.73 Å². The highest BCUT2D eigenvalue weighted by Crippen LogP contribution is 2.10. The van der Waals surface area contributed by atoms with E-state index in [1.54, 1.807) is 0 Å². The van der Waals surface area contributed by atoms with E-state index in [2.05, 4.69) is 16.9 Å². The predicted molar refractivity (Wildman–Crippen MR) is 64.7 cm³/mol. The number of nitrogen functional groups attached to an aromatic ring is 1. The summed E-state index contributed by atoms with van der Waals surface area (Å²) in [6.45, 7) is 1.92. The quantitative estimate of drug-likeness (QED) is 0.541. The zero-order valence-corrected chi connectivity index (χ0v) is 9.45. The van der Waals surface area contributed by atoms with Crippen LogP contribution in [0.3, 0.4) is 0 Å². The molecule has 1 radical (unpaired) electrons. The van der Waals surface area contributed by atoms with Crippen molar-refractivity contribution in [3.8, 4) is 0 Å². The van der Waals surface area contributed by atoms with E-state index < -0.39 is 0 Å². The van der Waals surface area contributed by atoms with Gasteiger partial charge in [-0.15, -0.1) is 0 Å². The second kappa shape index (κ2) is 7.74. The molecule has 0 heterocycles. The molecule has 1 rings (SSSR count). The molecular formula is C13H18NO2. The lowest BCUT2D eigenvalue weighted by Crippen LogP contribution is -1.92. The van der Waals surface area contributed by atoms with E-state index in [0.717, 1.165) is 37.8 Å². The molecule has 1 aromatic carbocycles. The zero-order valence-electron chi connectivity index (χ0n) is 9.45. The molecular weight excluding hydrogens is 202 g/mol. The molecule has 0 spiro atoms. The number of benzene rings is 1. The smallest absolute Gasteiger partial charge is 0.417 e. The maximum Gasteiger partial charge on any atom is 0.417 e. The van der Waals surface area contributed by atoms with Crippen molar-refractivity contribution in [2.24, 2.45) is 0 Å². The number of hydrogen-bond donors (Lipinski definition) is 1. The molecule has 87 valence electrons. The van der Waals surface area contributed by atoms with Gasteiger partial charge in [-0.3, -0.25) is 0 Å². The summed E-state index contributed by atoms with van der Waals surface area (Å²) in [5.41, 5.74) is 7.74. The van der Waals surface area contributed by atoms with Gasteiger partial charge in [-0.1, -0.05) is 25.0 Å². The van der Waals surface area contributed by atoms with Gasteiger partial charge in [0.1, 0.15) is 0 Å². The third kappa shape index (κ3) is 5.39. The van der Waals surface area contributed by atoms with E-state index in [1.807, 2.05) is 12.1 Å². The molecule has 3 nitrogen and oxygen atoms in total. The molecule has 0 saturated carbocycles. The number of anilines is 1. The van der Waals surface area contributed by atoms with Crippen molar-refractivity contribution in [1.82, 2.24) is 0 Å². The summed E-state index contributed by atoms with van der Waals surface area (Å²) in [6.07, 6.45) is 5.43. The molecule has 0 aromatic heterocycles. The van der Waals surface area contributed by atoms with Crippen LogP contribution >= 0.6 is 0 Å². The minimum Gasteiger partial charge on any atom is -0.457 e. The van der Waals surface area contributed by atoms with Gasteiger partial charge in [0.15, 0.2) is 0 Å². The molecule has 16 heavy (non-hydrogen) atoms. The molecule has 0 aliphatic rings. The first-order valence-corrected chi connectivity index (χ1v) is 5.66. The van der Waals surface area contributed by atoms with Gasteiger partial charge < -0.3 is 10.5 Å². The fourth-order valence-electron chi connectivity index (χ4n) is 1.58. The van der Waals surface area contributed by atoms with Crippen molar-refractivity contribution in [2.75, 3.05) is 12.3 Å². The van der Waals surface area contributed by atoms with E-state index in [0.29, 0.717) is 6.61 Å². The molecule has 0 unspecified atom stereocenters. The Morgan fingerprint density at radius 1 is 1.06 bits per heavy atom. The standard InChI is InChI=1S/C13H18NO2/c14-13-8-6-12(7-9-13)5-3-1-2-4-10-16-11-15/h6-9H,1-5,10,14H2. The Hall–Kier alpha value is -1.51. The molecule has 3 heteroatoms. The monoisotopic (exact) mass is 220 g/mol. The van der Waals surface area contributed by atoms with Crippen LogP contribution in [-0.4, -0.2) is 13.1 Å². The Kier molecular flexibility index (Phi) is 6.07. The highest BCUT2D eigenvalue weighted by Gasteiger charge is 1.94. The molecule has 0 fully saturated rings. The summed E-state index contributed by atoms with van der Waals surface area (Å²) in [5, 5.41) is 0. The Morgan fingerprint density at radius 3 is 2.44 bits per heavy atom. The summed E-state index contributed by atoms with van der Waals surface area (Å²) < 4.78 is 4.49. The third-order valence-corrected chi connectivity index (χ3v) is 2.50. The van der Waals surface area contributed by atoms with Gasteiger partial charge in [-0.05, 0) is 37.0 Å². The Bertz CT molecular complexity index is 295. The fourth-order valence-corrected chi connectivity index (χ4v) is 1.58. The number of unbranched alkanes of at least 4 members (excludes halogenated alkanes) is 3. The van der Waals surface area contributed by atoms with Crippen LogP contribution in [0.15, 0.2) is 24.3 Å². The fraction of sp³-hybridized carbons (Fsp3) is 0.462. The van der Waals surface area contributed by atoms with Gasteiger partial charge >= 0.3 is 6.47 Å². The molecule has 1 aromatic rings. The number of ether oxygens (including phenoxy) is 1. The third-order valence-electron chi connectivity index (χ3n) is 2.50. The first-order valence-electron chi connectivity index (χ1n) is 5.66. The van der Waals surface area contributed by atoms with Gasteiger partial charge in [0, 0.05) is 5.69 Å². The summed E-state index contributed by atoms with van der Waals surface area (Å²) >= 11 is 0. The number of carbonyl (C=O) groups excluding carboxylic acids is 1. The van der Waals surface area contributed by atoms with Crippen LogP contribution in [0.5, 0.6) is 0 Å². The van der Waals surface area contributed by atoms with Crippen LogP contribution in [0.4, 0.5) is 5.69 Å². The Labute approximate surface area is 96.6 Å². The summed E-state index contributed by atoms with van der Waals surface area (Å²) in [7, 11) is 0. The van der Waals surface area contributed by atoms with Crippen molar-refractivity contribution < 1.29 is 9.53 Å². The van der Waals surface area contributed by atoms with Crippen LogP contribution in [0.1, 0.15) is 31.2 Å².